The molecular weight excluding hydrogens is 442 g/mol. The van der Waals surface area contributed by atoms with Crippen LogP contribution in [0.15, 0.2) is 47.4 Å². The first kappa shape index (κ1) is 25.0. The number of hydrogen-bond donors (Lipinski definition) is 1. The number of hydrogen-bond acceptors (Lipinski definition) is 6. The highest BCUT2D eigenvalue weighted by Gasteiger charge is 2.25. The standard InChI is InChI=1S/C24H33N3O5S/c1-4-27(5-2)33(29,30)19-12-13-22(26-14-8-9-15-26)21(18-19)25-24(28)20-10-6-7-11-23(20)32-17-16-31-3/h6-7,10-13,18H,4-5,8-9,14-17H2,1-3H3,(H,25,28). The smallest absolute Gasteiger partial charge is 0.259 e. The molecule has 0 bridgehead atoms. The number of sulfonamides is 1. The average Bonchev–Trinajstić information content (AvgIpc) is 3.35. The number of ether oxygens (including phenoxy) is 2. The SMILES string of the molecule is CCN(CC)S(=O)(=O)c1ccc(N2CCCC2)c(NC(=O)c2ccccc2OCCOC)c1. The van der Waals surface area contributed by atoms with Crippen molar-refractivity contribution < 1.29 is 22.7 Å². The second kappa shape index (κ2) is 11.5. The normalized spacial score (nSPS) is 14.0. The molecule has 1 amide bonds. The van der Waals surface area contributed by atoms with Crippen molar-refractivity contribution >= 4 is 27.3 Å². The first-order valence-electron chi connectivity index (χ1n) is 11.3. The molecule has 0 radical (unpaired) electrons. The fourth-order valence-electron chi connectivity index (χ4n) is 3.93. The molecule has 0 spiro atoms. The second-order valence-corrected chi connectivity index (χ2v) is 9.69. The van der Waals surface area contributed by atoms with Gasteiger partial charge in [-0.05, 0) is 43.2 Å². The van der Waals surface area contributed by atoms with Gasteiger partial charge in [-0.1, -0.05) is 26.0 Å². The van der Waals surface area contributed by atoms with Gasteiger partial charge in [-0.2, -0.15) is 4.31 Å². The first-order chi connectivity index (χ1) is 15.9. The van der Waals surface area contributed by atoms with Gasteiger partial charge in [0, 0.05) is 33.3 Å². The Morgan fingerprint density at radius 2 is 1.76 bits per heavy atom. The van der Waals surface area contributed by atoms with Crippen LogP contribution in [0.5, 0.6) is 5.75 Å². The quantitative estimate of drug-likeness (QED) is 0.500. The minimum absolute atomic E-state index is 0.161. The molecule has 1 heterocycles. The Morgan fingerprint density at radius 1 is 1.06 bits per heavy atom. The van der Waals surface area contributed by atoms with Crippen LogP contribution < -0.4 is 15.0 Å². The van der Waals surface area contributed by atoms with E-state index in [1.165, 1.54) is 4.31 Å². The minimum atomic E-state index is -3.66. The third-order valence-corrected chi connectivity index (χ3v) is 7.73. The van der Waals surface area contributed by atoms with E-state index in [1.54, 1.807) is 49.6 Å². The molecule has 0 aliphatic carbocycles. The van der Waals surface area contributed by atoms with Gasteiger partial charge < -0.3 is 19.7 Å². The van der Waals surface area contributed by atoms with Gasteiger partial charge >= 0.3 is 0 Å². The summed E-state index contributed by atoms with van der Waals surface area (Å²) in [5.74, 6) is 0.0857. The van der Waals surface area contributed by atoms with Crippen LogP contribution >= 0.6 is 0 Å². The Balaban J connectivity index is 1.96. The van der Waals surface area contributed by atoms with Gasteiger partial charge in [-0.3, -0.25) is 4.79 Å². The number of benzene rings is 2. The Labute approximate surface area is 196 Å². The maximum absolute atomic E-state index is 13.2. The number of methoxy groups -OCH3 is 1. The summed E-state index contributed by atoms with van der Waals surface area (Å²) in [5.41, 5.74) is 1.66. The predicted molar refractivity (Wildman–Crippen MR) is 130 cm³/mol. The average molecular weight is 476 g/mol. The Bertz CT molecular complexity index is 1050. The molecule has 9 heteroatoms. The molecule has 1 saturated heterocycles. The van der Waals surface area contributed by atoms with Crippen molar-refractivity contribution in [2.24, 2.45) is 0 Å². The lowest BCUT2D eigenvalue weighted by Crippen LogP contribution is -2.31. The van der Waals surface area contributed by atoms with E-state index in [9.17, 15) is 13.2 Å². The highest BCUT2D eigenvalue weighted by Crippen LogP contribution is 2.33. The summed E-state index contributed by atoms with van der Waals surface area (Å²) < 4.78 is 38.3. The lowest BCUT2D eigenvalue weighted by Gasteiger charge is -2.24. The zero-order valence-corrected chi connectivity index (χ0v) is 20.4. The third kappa shape index (κ3) is 5.85. The molecule has 1 fully saturated rings. The largest absolute Gasteiger partial charge is 0.490 e. The van der Waals surface area contributed by atoms with Crippen molar-refractivity contribution in [1.29, 1.82) is 0 Å². The molecule has 0 atom stereocenters. The molecule has 2 aromatic rings. The molecule has 1 aliphatic rings. The molecule has 2 aromatic carbocycles. The fourth-order valence-corrected chi connectivity index (χ4v) is 5.41. The highest BCUT2D eigenvalue weighted by molar-refractivity contribution is 7.89. The zero-order valence-electron chi connectivity index (χ0n) is 19.5. The zero-order chi connectivity index (χ0) is 23.8. The van der Waals surface area contributed by atoms with Crippen LogP contribution in [0.2, 0.25) is 0 Å². The van der Waals surface area contributed by atoms with Crippen LogP contribution in [0.4, 0.5) is 11.4 Å². The van der Waals surface area contributed by atoms with Gasteiger partial charge in [0.2, 0.25) is 10.0 Å². The molecule has 3 rings (SSSR count). The number of anilines is 2. The Morgan fingerprint density at radius 3 is 2.42 bits per heavy atom. The molecule has 1 N–H and O–H groups in total. The van der Waals surface area contributed by atoms with E-state index >= 15 is 0 Å². The monoisotopic (exact) mass is 475 g/mol. The van der Waals surface area contributed by atoms with Crippen LogP contribution in [-0.2, 0) is 14.8 Å². The van der Waals surface area contributed by atoms with E-state index < -0.39 is 10.0 Å². The van der Waals surface area contributed by atoms with E-state index in [1.807, 2.05) is 13.8 Å². The molecule has 0 aromatic heterocycles. The summed E-state index contributed by atoms with van der Waals surface area (Å²) in [4.78, 5) is 15.6. The molecule has 180 valence electrons. The third-order valence-electron chi connectivity index (χ3n) is 5.68. The van der Waals surface area contributed by atoms with E-state index in [0.29, 0.717) is 43.3 Å². The van der Waals surface area contributed by atoms with Crippen molar-refractivity contribution in [2.45, 2.75) is 31.6 Å². The number of nitrogens with zero attached hydrogens (tertiary/aromatic N) is 2. The van der Waals surface area contributed by atoms with Gasteiger partial charge in [-0.15, -0.1) is 0 Å². The number of carbonyl (C=O) groups excluding carboxylic acids is 1. The van der Waals surface area contributed by atoms with Crippen LogP contribution in [0.25, 0.3) is 0 Å². The van der Waals surface area contributed by atoms with Gasteiger partial charge in [0.1, 0.15) is 12.4 Å². The summed E-state index contributed by atoms with van der Waals surface area (Å²) in [6, 6.07) is 12.0. The lowest BCUT2D eigenvalue weighted by molar-refractivity contribution is 0.101. The minimum Gasteiger partial charge on any atom is -0.490 e. The summed E-state index contributed by atoms with van der Waals surface area (Å²) in [6.07, 6.45) is 2.12. The van der Waals surface area contributed by atoms with E-state index in [-0.39, 0.29) is 10.8 Å². The summed E-state index contributed by atoms with van der Waals surface area (Å²) >= 11 is 0. The first-order valence-corrected chi connectivity index (χ1v) is 12.8. The molecular formula is C24H33N3O5S. The molecule has 8 nitrogen and oxygen atoms in total. The summed E-state index contributed by atoms with van der Waals surface area (Å²) in [6.45, 7) is 6.81. The number of amides is 1. The van der Waals surface area contributed by atoms with E-state index in [2.05, 4.69) is 10.2 Å². The van der Waals surface area contributed by atoms with Crippen LogP contribution in [0.3, 0.4) is 0 Å². The van der Waals surface area contributed by atoms with Crippen molar-refractivity contribution in [3.63, 3.8) is 0 Å². The lowest BCUT2D eigenvalue weighted by atomic mass is 10.1. The Hall–Kier alpha value is -2.62. The number of para-hydroxylation sites is 1. The predicted octanol–water partition coefficient (Wildman–Crippen LogP) is 3.59. The van der Waals surface area contributed by atoms with Crippen molar-refractivity contribution in [2.75, 3.05) is 56.7 Å². The van der Waals surface area contributed by atoms with Crippen molar-refractivity contribution in [1.82, 2.24) is 4.31 Å². The second-order valence-electron chi connectivity index (χ2n) is 7.75. The topological polar surface area (TPSA) is 88.2 Å². The number of rotatable bonds is 11. The van der Waals surface area contributed by atoms with Gasteiger partial charge in [0.15, 0.2) is 0 Å². The van der Waals surface area contributed by atoms with Crippen molar-refractivity contribution in [3.05, 3.63) is 48.0 Å². The van der Waals surface area contributed by atoms with E-state index in [0.717, 1.165) is 31.6 Å². The fraction of sp³-hybridized carbons (Fsp3) is 0.458. The van der Waals surface area contributed by atoms with Gasteiger partial charge in [-0.25, -0.2) is 8.42 Å². The van der Waals surface area contributed by atoms with Crippen LogP contribution in [0.1, 0.15) is 37.0 Å². The number of carbonyl (C=O) groups is 1. The molecule has 33 heavy (non-hydrogen) atoms. The summed E-state index contributed by atoms with van der Waals surface area (Å²) in [7, 11) is -2.08. The van der Waals surface area contributed by atoms with Crippen LogP contribution in [-0.4, -0.2) is 65.1 Å². The Kier molecular flexibility index (Phi) is 8.71. The molecule has 0 unspecified atom stereocenters. The van der Waals surface area contributed by atoms with Gasteiger partial charge in [0.25, 0.3) is 5.91 Å². The highest BCUT2D eigenvalue weighted by atomic mass is 32.2. The van der Waals surface area contributed by atoms with Crippen molar-refractivity contribution in [3.8, 4) is 5.75 Å². The maximum Gasteiger partial charge on any atom is 0.259 e. The maximum atomic E-state index is 13.2. The number of nitrogens with one attached hydrogen (secondary N) is 1. The summed E-state index contributed by atoms with van der Waals surface area (Å²) in [5, 5.41) is 2.95. The molecule has 1 aliphatic heterocycles. The molecule has 0 saturated carbocycles. The van der Waals surface area contributed by atoms with Gasteiger partial charge in [0.05, 0.1) is 28.4 Å². The van der Waals surface area contributed by atoms with E-state index in [4.69, 9.17) is 9.47 Å². The van der Waals surface area contributed by atoms with Crippen LogP contribution in [0, 0.1) is 0 Å².